The van der Waals surface area contributed by atoms with Crippen LogP contribution >= 0.6 is 43.5 Å². The van der Waals surface area contributed by atoms with Crippen LogP contribution in [0.2, 0.25) is 5.02 Å². The van der Waals surface area contributed by atoms with Gasteiger partial charge in [-0.25, -0.2) is 4.39 Å². The van der Waals surface area contributed by atoms with Crippen molar-refractivity contribution in [2.75, 3.05) is 5.73 Å². The van der Waals surface area contributed by atoms with E-state index in [2.05, 4.69) is 31.9 Å². The van der Waals surface area contributed by atoms with Crippen molar-refractivity contribution in [2.45, 2.75) is 0 Å². The first-order chi connectivity index (χ1) is 8.47. The van der Waals surface area contributed by atoms with Crippen molar-refractivity contribution in [1.29, 1.82) is 0 Å². The Hall–Kier alpha value is -0.780. The summed E-state index contributed by atoms with van der Waals surface area (Å²) in [6, 6.07) is 7.83. The number of hydrogen-bond donors (Lipinski definition) is 1. The maximum atomic E-state index is 13.2. The second-order valence-electron chi connectivity index (χ2n) is 3.48. The van der Waals surface area contributed by atoms with Gasteiger partial charge in [-0.3, -0.25) is 0 Å². The summed E-state index contributed by atoms with van der Waals surface area (Å²) in [6.45, 7) is 0. The highest BCUT2D eigenvalue weighted by Gasteiger charge is 2.10. The van der Waals surface area contributed by atoms with Gasteiger partial charge < -0.3 is 10.5 Å². The van der Waals surface area contributed by atoms with Gasteiger partial charge in [-0.2, -0.15) is 0 Å². The molecule has 2 nitrogen and oxygen atoms in total. The molecule has 0 heterocycles. The number of nitrogens with two attached hydrogens (primary N) is 1. The molecule has 0 aliphatic heterocycles. The summed E-state index contributed by atoms with van der Waals surface area (Å²) < 4.78 is 19.9. The second kappa shape index (κ2) is 5.47. The average Bonchev–Trinajstić information content (AvgIpc) is 2.30. The van der Waals surface area contributed by atoms with Crippen LogP contribution in [-0.4, -0.2) is 0 Å². The van der Waals surface area contributed by atoms with E-state index in [1.807, 2.05) is 0 Å². The van der Waals surface area contributed by atoms with Gasteiger partial charge in [0.1, 0.15) is 11.6 Å². The Kier molecular flexibility index (Phi) is 4.14. The van der Waals surface area contributed by atoms with Crippen molar-refractivity contribution in [2.24, 2.45) is 0 Å². The predicted molar refractivity (Wildman–Crippen MR) is 77.7 cm³/mol. The van der Waals surface area contributed by atoms with E-state index in [1.165, 1.54) is 12.1 Å². The van der Waals surface area contributed by atoms with E-state index in [4.69, 9.17) is 22.1 Å². The summed E-state index contributed by atoms with van der Waals surface area (Å²) in [5.74, 6) is 0.333. The predicted octanol–water partition coefficient (Wildman–Crippen LogP) is 5.38. The molecule has 18 heavy (non-hydrogen) atoms. The molecule has 0 aromatic heterocycles. The molecule has 0 unspecified atom stereocenters. The topological polar surface area (TPSA) is 35.2 Å². The maximum absolute atomic E-state index is 13.2. The third kappa shape index (κ3) is 2.96. The van der Waals surface area contributed by atoms with Gasteiger partial charge in [-0.05, 0) is 34.1 Å². The van der Waals surface area contributed by atoms with E-state index in [1.54, 1.807) is 18.2 Å². The van der Waals surface area contributed by atoms with Crippen LogP contribution in [0.15, 0.2) is 39.3 Å². The lowest BCUT2D eigenvalue weighted by molar-refractivity contribution is 0.482. The largest absolute Gasteiger partial charge is 0.454 e. The Bertz CT molecular complexity index is 607. The highest BCUT2D eigenvalue weighted by atomic mass is 79.9. The Morgan fingerprint density at radius 2 is 1.83 bits per heavy atom. The SMILES string of the molecule is Nc1cc(F)c(Br)cc1Oc1cc(Br)ccc1Cl. The molecule has 94 valence electrons. The molecule has 0 amide bonds. The summed E-state index contributed by atoms with van der Waals surface area (Å²) in [6.07, 6.45) is 0. The summed E-state index contributed by atoms with van der Waals surface area (Å²) in [7, 11) is 0. The zero-order valence-electron chi connectivity index (χ0n) is 8.88. The van der Waals surface area contributed by atoms with Crippen LogP contribution in [0.4, 0.5) is 10.1 Å². The van der Waals surface area contributed by atoms with E-state index in [0.717, 1.165) is 4.47 Å². The molecule has 0 fully saturated rings. The highest BCUT2D eigenvalue weighted by Crippen LogP contribution is 2.36. The number of rotatable bonds is 2. The van der Waals surface area contributed by atoms with Crippen LogP contribution in [0, 0.1) is 5.82 Å². The molecule has 0 saturated heterocycles. The minimum Gasteiger partial charge on any atom is -0.454 e. The van der Waals surface area contributed by atoms with Gasteiger partial charge in [0.15, 0.2) is 5.75 Å². The molecule has 2 aromatic carbocycles. The van der Waals surface area contributed by atoms with Gasteiger partial charge in [-0.1, -0.05) is 27.5 Å². The maximum Gasteiger partial charge on any atom is 0.151 e. The summed E-state index contributed by atoms with van der Waals surface area (Å²) in [5.41, 5.74) is 5.89. The number of hydrogen-bond acceptors (Lipinski definition) is 2. The lowest BCUT2D eigenvalue weighted by Gasteiger charge is -2.11. The number of ether oxygens (including phenoxy) is 1. The molecule has 2 rings (SSSR count). The van der Waals surface area contributed by atoms with E-state index in [-0.39, 0.29) is 10.2 Å². The molecule has 0 bridgehead atoms. The first kappa shape index (κ1) is 13.6. The van der Waals surface area contributed by atoms with Gasteiger partial charge in [-0.15, -0.1) is 0 Å². The minimum atomic E-state index is -0.444. The number of halogens is 4. The first-order valence-corrected chi connectivity index (χ1v) is 6.81. The third-order valence-electron chi connectivity index (χ3n) is 2.17. The normalized spacial score (nSPS) is 10.4. The van der Waals surface area contributed by atoms with Crippen LogP contribution < -0.4 is 10.5 Å². The fourth-order valence-electron chi connectivity index (χ4n) is 1.31. The van der Waals surface area contributed by atoms with Crippen LogP contribution in [0.1, 0.15) is 0 Å². The van der Waals surface area contributed by atoms with Crippen molar-refractivity contribution in [3.8, 4) is 11.5 Å². The molecule has 0 saturated carbocycles. The first-order valence-electron chi connectivity index (χ1n) is 4.85. The molecule has 2 N–H and O–H groups in total. The van der Waals surface area contributed by atoms with Gasteiger partial charge >= 0.3 is 0 Å². The molecular weight excluding hydrogens is 388 g/mol. The lowest BCUT2D eigenvalue weighted by Crippen LogP contribution is -1.94. The molecule has 6 heteroatoms. The molecular formula is C12H7Br2ClFNO. The Morgan fingerprint density at radius 3 is 2.56 bits per heavy atom. The van der Waals surface area contributed by atoms with E-state index < -0.39 is 5.82 Å². The van der Waals surface area contributed by atoms with Gasteiger partial charge in [0, 0.05) is 16.6 Å². The lowest BCUT2D eigenvalue weighted by atomic mass is 10.3. The quantitative estimate of drug-likeness (QED) is 0.693. The minimum absolute atomic E-state index is 0.201. The van der Waals surface area contributed by atoms with Crippen molar-refractivity contribution >= 4 is 49.1 Å². The van der Waals surface area contributed by atoms with Crippen molar-refractivity contribution < 1.29 is 9.13 Å². The third-order valence-corrected chi connectivity index (χ3v) is 3.58. The Balaban J connectivity index is 2.40. The van der Waals surface area contributed by atoms with Crippen molar-refractivity contribution in [3.05, 3.63) is 50.1 Å². The number of benzene rings is 2. The molecule has 0 aliphatic carbocycles. The molecule has 0 atom stereocenters. The summed E-state index contributed by atoms with van der Waals surface area (Å²) >= 11 is 12.4. The average molecular weight is 395 g/mol. The summed E-state index contributed by atoms with van der Waals surface area (Å²) in [4.78, 5) is 0. The highest BCUT2D eigenvalue weighted by molar-refractivity contribution is 9.10. The Morgan fingerprint density at radius 1 is 1.11 bits per heavy atom. The zero-order chi connectivity index (χ0) is 13.3. The van der Waals surface area contributed by atoms with Gasteiger partial charge in [0.05, 0.1) is 15.2 Å². The van der Waals surface area contributed by atoms with Gasteiger partial charge in [0.2, 0.25) is 0 Å². The monoisotopic (exact) mass is 393 g/mol. The fraction of sp³-hybridized carbons (Fsp3) is 0. The van der Waals surface area contributed by atoms with Crippen molar-refractivity contribution in [3.63, 3.8) is 0 Å². The van der Waals surface area contributed by atoms with Crippen LogP contribution in [0.3, 0.4) is 0 Å². The van der Waals surface area contributed by atoms with Crippen LogP contribution in [0.25, 0.3) is 0 Å². The smallest absolute Gasteiger partial charge is 0.151 e. The van der Waals surface area contributed by atoms with E-state index >= 15 is 0 Å². The van der Waals surface area contributed by atoms with Crippen molar-refractivity contribution in [1.82, 2.24) is 0 Å². The number of nitrogen functional groups attached to an aromatic ring is 1. The van der Waals surface area contributed by atoms with Crippen LogP contribution in [-0.2, 0) is 0 Å². The fourth-order valence-corrected chi connectivity index (χ4v) is 2.12. The molecule has 0 radical (unpaired) electrons. The summed E-state index contributed by atoms with van der Waals surface area (Å²) in [5, 5.41) is 0.443. The molecule has 0 aliphatic rings. The van der Waals surface area contributed by atoms with Crippen LogP contribution in [0.5, 0.6) is 11.5 Å². The van der Waals surface area contributed by atoms with Gasteiger partial charge in [0.25, 0.3) is 0 Å². The van der Waals surface area contributed by atoms with E-state index in [0.29, 0.717) is 16.5 Å². The molecule has 2 aromatic rings. The molecule has 0 spiro atoms. The second-order valence-corrected chi connectivity index (χ2v) is 5.66. The zero-order valence-corrected chi connectivity index (χ0v) is 12.8. The Labute approximate surface area is 125 Å². The number of anilines is 1. The standard InChI is InChI=1S/C12H7Br2ClFNO/c13-6-1-2-8(15)11(3-6)18-12-4-7(14)9(16)5-10(12)17/h1-5H,17H2. The van der Waals surface area contributed by atoms with E-state index in [9.17, 15) is 4.39 Å².